The molecule has 0 aromatic heterocycles. The Labute approximate surface area is 130 Å². The standard InChI is InChI=1S/C15H25N3O4/c1-4-10(19)11(12(16)20)17-8-15(14(17)22)6-5-7-18(15)13(21)9(2)3/h9-11,19H,4-8H2,1-3H3,(H2,16,20)/t10-,11+,15+/m1/s1. The molecule has 0 saturated carbocycles. The van der Waals surface area contributed by atoms with Crippen LogP contribution in [0.1, 0.15) is 40.0 Å². The summed E-state index contributed by atoms with van der Waals surface area (Å²) in [5, 5.41) is 9.96. The van der Waals surface area contributed by atoms with E-state index in [0.717, 1.165) is 6.42 Å². The van der Waals surface area contributed by atoms with Crippen LogP contribution in [0.25, 0.3) is 0 Å². The van der Waals surface area contributed by atoms with Crippen molar-refractivity contribution < 1.29 is 19.5 Å². The minimum absolute atomic E-state index is 0.0443. The summed E-state index contributed by atoms with van der Waals surface area (Å²) >= 11 is 0. The second kappa shape index (κ2) is 5.87. The lowest BCUT2D eigenvalue weighted by atomic mass is 9.82. The molecule has 2 fully saturated rings. The summed E-state index contributed by atoms with van der Waals surface area (Å²) in [5.74, 6) is -1.20. The fourth-order valence-corrected chi connectivity index (χ4v) is 3.49. The van der Waals surface area contributed by atoms with Crippen molar-refractivity contribution in [1.82, 2.24) is 9.80 Å². The molecule has 3 atom stereocenters. The van der Waals surface area contributed by atoms with Crippen LogP contribution in [0.3, 0.4) is 0 Å². The first-order chi connectivity index (χ1) is 10.3. The lowest BCUT2D eigenvalue weighted by molar-refractivity contribution is -0.177. The zero-order valence-electron chi connectivity index (χ0n) is 13.4. The third kappa shape index (κ3) is 2.37. The van der Waals surface area contributed by atoms with Crippen LogP contribution in [-0.4, -0.2) is 63.4 Å². The van der Waals surface area contributed by atoms with Crippen LogP contribution in [0.4, 0.5) is 0 Å². The van der Waals surface area contributed by atoms with Gasteiger partial charge in [0.1, 0.15) is 11.6 Å². The summed E-state index contributed by atoms with van der Waals surface area (Å²) < 4.78 is 0. The van der Waals surface area contributed by atoms with E-state index in [4.69, 9.17) is 5.73 Å². The molecular weight excluding hydrogens is 286 g/mol. The number of nitrogens with two attached hydrogens (primary N) is 1. The molecule has 2 heterocycles. The largest absolute Gasteiger partial charge is 0.390 e. The molecule has 3 N–H and O–H groups in total. The number of primary amides is 1. The van der Waals surface area contributed by atoms with Crippen LogP contribution in [0.15, 0.2) is 0 Å². The summed E-state index contributed by atoms with van der Waals surface area (Å²) in [6, 6.07) is -1.01. The number of aliphatic hydroxyl groups excluding tert-OH is 1. The van der Waals surface area contributed by atoms with E-state index in [1.54, 1.807) is 11.8 Å². The van der Waals surface area contributed by atoms with Gasteiger partial charge in [-0.3, -0.25) is 14.4 Å². The van der Waals surface area contributed by atoms with Crippen LogP contribution in [-0.2, 0) is 14.4 Å². The molecule has 7 heteroatoms. The monoisotopic (exact) mass is 311 g/mol. The maximum Gasteiger partial charge on any atom is 0.251 e. The topological polar surface area (TPSA) is 104 Å². The van der Waals surface area contributed by atoms with Gasteiger partial charge < -0.3 is 20.6 Å². The van der Waals surface area contributed by atoms with Crippen molar-refractivity contribution in [3.63, 3.8) is 0 Å². The zero-order valence-corrected chi connectivity index (χ0v) is 13.4. The molecule has 7 nitrogen and oxygen atoms in total. The van der Waals surface area contributed by atoms with Crippen molar-refractivity contribution in [2.75, 3.05) is 13.1 Å². The predicted molar refractivity (Wildman–Crippen MR) is 79.5 cm³/mol. The number of rotatable bonds is 5. The number of aliphatic hydroxyl groups is 1. The van der Waals surface area contributed by atoms with E-state index in [2.05, 4.69) is 0 Å². The van der Waals surface area contributed by atoms with Crippen LogP contribution in [0.2, 0.25) is 0 Å². The van der Waals surface area contributed by atoms with Gasteiger partial charge in [-0.15, -0.1) is 0 Å². The first-order valence-electron chi connectivity index (χ1n) is 7.86. The highest BCUT2D eigenvalue weighted by molar-refractivity contribution is 6.00. The Morgan fingerprint density at radius 1 is 1.41 bits per heavy atom. The zero-order chi connectivity index (χ0) is 16.7. The van der Waals surface area contributed by atoms with Crippen LogP contribution < -0.4 is 5.73 Å². The highest BCUT2D eigenvalue weighted by Gasteiger charge is 2.62. The lowest BCUT2D eigenvalue weighted by Gasteiger charge is -2.54. The van der Waals surface area contributed by atoms with Crippen molar-refractivity contribution in [3.05, 3.63) is 0 Å². The number of hydrogen-bond donors (Lipinski definition) is 2. The molecule has 22 heavy (non-hydrogen) atoms. The Balaban J connectivity index is 2.20. The fourth-order valence-electron chi connectivity index (χ4n) is 3.49. The number of hydrogen-bond acceptors (Lipinski definition) is 4. The number of likely N-dealkylation sites (tertiary alicyclic amines) is 2. The Morgan fingerprint density at radius 2 is 2.05 bits per heavy atom. The molecule has 0 aliphatic carbocycles. The fraction of sp³-hybridized carbons (Fsp3) is 0.800. The minimum atomic E-state index is -1.01. The highest BCUT2D eigenvalue weighted by Crippen LogP contribution is 2.41. The van der Waals surface area contributed by atoms with Gasteiger partial charge in [-0.25, -0.2) is 0 Å². The average Bonchev–Trinajstić information content (AvgIpc) is 2.91. The number of amides is 3. The van der Waals surface area contributed by atoms with Gasteiger partial charge in [-0.05, 0) is 19.3 Å². The number of carbonyl (C=O) groups is 3. The number of carbonyl (C=O) groups excluding carboxylic acids is 3. The summed E-state index contributed by atoms with van der Waals surface area (Å²) in [7, 11) is 0. The Morgan fingerprint density at radius 3 is 2.50 bits per heavy atom. The summed E-state index contributed by atoms with van der Waals surface area (Å²) in [4.78, 5) is 39.6. The van der Waals surface area contributed by atoms with Crippen molar-refractivity contribution in [2.45, 2.75) is 57.7 Å². The maximum atomic E-state index is 12.7. The van der Waals surface area contributed by atoms with Gasteiger partial charge in [0.25, 0.3) is 5.91 Å². The average molecular weight is 311 g/mol. The van der Waals surface area contributed by atoms with E-state index < -0.39 is 23.6 Å². The maximum absolute atomic E-state index is 12.7. The molecule has 0 aromatic rings. The predicted octanol–water partition coefficient (Wildman–Crippen LogP) is -0.529. The van der Waals surface area contributed by atoms with E-state index in [1.807, 2.05) is 13.8 Å². The summed E-state index contributed by atoms with van der Waals surface area (Å²) in [6.45, 7) is 6.18. The van der Waals surface area contributed by atoms with Gasteiger partial charge in [0, 0.05) is 12.5 Å². The molecule has 2 rings (SSSR count). The summed E-state index contributed by atoms with van der Waals surface area (Å²) in [6.07, 6.45) is 0.734. The van der Waals surface area contributed by atoms with Crippen molar-refractivity contribution in [1.29, 1.82) is 0 Å². The van der Waals surface area contributed by atoms with Gasteiger partial charge in [0.2, 0.25) is 11.8 Å². The third-order valence-corrected chi connectivity index (χ3v) is 4.75. The van der Waals surface area contributed by atoms with E-state index in [1.165, 1.54) is 4.90 Å². The number of β-lactam (4-membered cyclic amide) rings is 1. The van der Waals surface area contributed by atoms with E-state index in [9.17, 15) is 19.5 Å². The second-order valence-electron chi connectivity index (χ2n) is 6.54. The molecule has 0 radical (unpaired) electrons. The van der Waals surface area contributed by atoms with Gasteiger partial charge in [-0.2, -0.15) is 0 Å². The Kier molecular flexibility index (Phi) is 4.47. The van der Waals surface area contributed by atoms with E-state index in [0.29, 0.717) is 19.4 Å². The minimum Gasteiger partial charge on any atom is -0.390 e. The Hall–Kier alpha value is -1.63. The molecular formula is C15H25N3O4. The molecule has 124 valence electrons. The molecule has 0 unspecified atom stereocenters. The summed E-state index contributed by atoms with van der Waals surface area (Å²) in [5.41, 5.74) is 4.51. The molecule has 2 aliphatic heterocycles. The first-order valence-corrected chi connectivity index (χ1v) is 7.86. The number of nitrogens with zero attached hydrogens (tertiary/aromatic N) is 2. The quantitative estimate of drug-likeness (QED) is 0.666. The van der Waals surface area contributed by atoms with Gasteiger partial charge in [0.05, 0.1) is 12.6 Å². The molecule has 2 aliphatic rings. The normalized spacial score (nSPS) is 27.2. The van der Waals surface area contributed by atoms with Crippen LogP contribution in [0.5, 0.6) is 0 Å². The van der Waals surface area contributed by atoms with E-state index in [-0.39, 0.29) is 24.3 Å². The smallest absolute Gasteiger partial charge is 0.251 e. The van der Waals surface area contributed by atoms with Gasteiger partial charge >= 0.3 is 0 Å². The Bertz CT molecular complexity index is 493. The van der Waals surface area contributed by atoms with Gasteiger partial charge in [0.15, 0.2) is 0 Å². The lowest BCUT2D eigenvalue weighted by Crippen LogP contribution is -2.77. The highest BCUT2D eigenvalue weighted by atomic mass is 16.3. The van der Waals surface area contributed by atoms with E-state index >= 15 is 0 Å². The molecule has 2 saturated heterocycles. The van der Waals surface area contributed by atoms with Gasteiger partial charge in [-0.1, -0.05) is 20.8 Å². The van der Waals surface area contributed by atoms with Crippen molar-refractivity contribution >= 4 is 17.7 Å². The second-order valence-corrected chi connectivity index (χ2v) is 6.54. The molecule has 0 aromatic carbocycles. The molecule has 1 spiro atoms. The van der Waals surface area contributed by atoms with Crippen LogP contribution in [0, 0.1) is 5.92 Å². The SMILES string of the molecule is CC[C@@H](O)[C@@H](C(N)=O)N1C[C@@]2(CCCN2C(=O)C(C)C)C1=O. The van der Waals surface area contributed by atoms with Crippen LogP contribution >= 0.6 is 0 Å². The molecule has 0 bridgehead atoms. The third-order valence-electron chi connectivity index (χ3n) is 4.75. The van der Waals surface area contributed by atoms with Crippen molar-refractivity contribution in [3.8, 4) is 0 Å². The molecule has 3 amide bonds. The first kappa shape index (κ1) is 16.7. The van der Waals surface area contributed by atoms with Crippen molar-refractivity contribution in [2.24, 2.45) is 11.7 Å².